The molecule has 0 spiro atoms. The van der Waals surface area contributed by atoms with Gasteiger partial charge in [0.25, 0.3) is 10.0 Å². The maximum atomic E-state index is 13.2. The van der Waals surface area contributed by atoms with Gasteiger partial charge in [0.1, 0.15) is 4.90 Å². The highest BCUT2D eigenvalue weighted by Crippen LogP contribution is 2.28. The van der Waals surface area contributed by atoms with Crippen molar-refractivity contribution in [1.29, 1.82) is 0 Å². The van der Waals surface area contributed by atoms with E-state index < -0.39 is 10.0 Å². The lowest BCUT2D eigenvalue weighted by molar-refractivity contribution is -0.130. The van der Waals surface area contributed by atoms with Crippen molar-refractivity contribution in [1.82, 2.24) is 15.2 Å². The van der Waals surface area contributed by atoms with Gasteiger partial charge in [-0.25, -0.2) is 13.4 Å². The number of carbonyl (C=O) groups is 2. The van der Waals surface area contributed by atoms with Crippen molar-refractivity contribution in [2.75, 3.05) is 24.6 Å². The molecule has 0 saturated heterocycles. The largest absolute Gasteiger partial charge is 0.358 e. The molecule has 0 bridgehead atoms. The van der Waals surface area contributed by atoms with Gasteiger partial charge in [-0.05, 0) is 35.4 Å². The minimum atomic E-state index is -3.93. The van der Waals surface area contributed by atoms with Crippen LogP contribution >= 0.6 is 11.8 Å². The van der Waals surface area contributed by atoms with E-state index in [-0.39, 0.29) is 22.5 Å². The number of benzene rings is 2. The SMILES string of the molecule is CNC(=O)CSc1ccc2cccc(S(=O)(=O)Nc3ccc4c(c3)CN(C)C(=O)C4)c2n1. The Kier molecular flexibility index (Phi) is 6.07. The van der Waals surface area contributed by atoms with Crippen molar-refractivity contribution in [2.45, 2.75) is 22.9 Å². The molecule has 10 heteroatoms. The van der Waals surface area contributed by atoms with E-state index in [1.165, 1.54) is 17.8 Å². The smallest absolute Gasteiger partial charge is 0.264 e. The number of aromatic nitrogens is 1. The Labute approximate surface area is 190 Å². The van der Waals surface area contributed by atoms with Gasteiger partial charge >= 0.3 is 0 Å². The van der Waals surface area contributed by atoms with Crippen molar-refractivity contribution < 1.29 is 18.0 Å². The maximum absolute atomic E-state index is 13.2. The number of amides is 2. The number of sulfonamides is 1. The van der Waals surface area contributed by atoms with Crippen LogP contribution in [0.2, 0.25) is 0 Å². The van der Waals surface area contributed by atoms with E-state index >= 15 is 0 Å². The zero-order chi connectivity index (χ0) is 22.9. The first-order chi connectivity index (χ1) is 15.3. The first-order valence-electron chi connectivity index (χ1n) is 9.88. The summed E-state index contributed by atoms with van der Waals surface area (Å²) in [6.07, 6.45) is 0.308. The highest BCUT2D eigenvalue weighted by molar-refractivity contribution is 7.99. The molecule has 2 N–H and O–H groups in total. The Balaban J connectivity index is 1.65. The lowest BCUT2D eigenvalue weighted by Gasteiger charge is -2.25. The normalized spacial score (nSPS) is 13.7. The Bertz CT molecular complexity index is 1320. The zero-order valence-electron chi connectivity index (χ0n) is 17.6. The van der Waals surface area contributed by atoms with Crippen molar-refractivity contribution in [3.05, 3.63) is 59.7 Å². The lowest BCUT2D eigenvalue weighted by Crippen LogP contribution is -2.32. The number of nitrogens with one attached hydrogen (secondary N) is 2. The third-order valence-electron chi connectivity index (χ3n) is 5.21. The van der Waals surface area contributed by atoms with Gasteiger partial charge < -0.3 is 10.2 Å². The molecular weight excluding hydrogens is 448 g/mol. The third kappa shape index (κ3) is 4.56. The molecule has 0 fully saturated rings. The first kappa shape index (κ1) is 22.1. The van der Waals surface area contributed by atoms with E-state index in [0.717, 1.165) is 11.1 Å². The van der Waals surface area contributed by atoms with Crippen molar-refractivity contribution >= 4 is 50.2 Å². The van der Waals surface area contributed by atoms with Gasteiger partial charge in [0.05, 0.1) is 22.7 Å². The summed E-state index contributed by atoms with van der Waals surface area (Å²) in [6, 6.07) is 13.7. The number of hydrogen-bond acceptors (Lipinski definition) is 6. The molecule has 0 radical (unpaired) electrons. The molecule has 2 heterocycles. The minimum Gasteiger partial charge on any atom is -0.358 e. The number of rotatable bonds is 6. The van der Waals surface area contributed by atoms with Crippen LogP contribution in [0, 0.1) is 0 Å². The van der Waals surface area contributed by atoms with Crippen LogP contribution in [0.5, 0.6) is 0 Å². The fourth-order valence-electron chi connectivity index (χ4n) is 3.47. The van der Waals surface area contributed by atoms with E-state index in [1.807, 2.05) is 0 Å². The number of para-hydroxylation sites is 1. The van der Waals surface area contributed by atoms with Crippen LogP contribution in [0.15, 0.2) is 58.5 Å². The van der Waals surface area contributed by atoms with Gasteiger partial charge in [-0.2, -0.15) is 0 Å². The number of thioether (sulfide) groups is 1. The summed E-state index contributed by atoms with van der Waals surface area (Å²) < 4.78 is 29.1. The molecule has 1 aromatic heterocycles. The van der Waals surface area contributed by atoms with Crippen LogP contribution in [0.25, 0.3) is 10.9 Å². The Morgan fingerprint density at radius 3 is 2.75 bits per heavy atom. The molecule has 0 atom stereocenters. The van der Waals surface area contributed by atoms with Crippen LogP contribution < -0.4 is 10.0 Å². The van der Waals surface area contributed by atoms with Gasteiger partial charge in [-0.3, -0.25) is 14.3 Å². The lowest BCUT2D eigenvalue weighted by atomic mass is 9.99. The fraction of sp³-hybridized carbons (Fsp3) is 0.227. The van der Waals surface area contributed by atoms with E-state index in [9.17, 15) is 18.0 Å². The average Bonchev–Trinajstić information content (AvgIpc) is 2.77. The number of hydrogen-bond donors (Lipinski definition) is 2. The molecule has 4 rings (SSSR count). The highest BCUT2D eigenvalue weighted by Gasteiger charge is 2.23. The first-order valence-corrected chi connectivity index (χ1v) is 12.4. The van der Waals surface area contributed by atoms with E-state index in [2.05, 4.69) is 15.0 Å². The van der Waals surface area contributed by atoms with Gasteiger partial charge in [0.2, 0.25) is 11.8 Å². The number of likely N-dealkylation sites (N-methyl/N-ethyl adjacent to an activating group) is 1. The van der Waals surface area contributed by atoms with E-state index in [0.29, 0.717) is 34.6 Å². The molecule has 0 saturated carbocycles. The number of carbonyl (C=O) groups excluding carboxylic acids is 2. The van der Waals surface area contributed by atoms with Crippen LogP contribution in [0.3, 0.4) is 0 Å². The van der Waals surface area contributed by atoms with Crippen LogP contribution in [-0.4, -0.2) is 50.0 Å². The van der Waals surface area contributed by atoms with E-state index in [1.54, 1.807) is 61.5 Å². The Morgan fingerprint density at radius 2 is 1.97 bits per heavy atom. The van der Waals surface area contributed by atoms with E-state index in [4.69, 9.17) is 0 Å². The summed E-state index contributed by atoms with van der Waals surface area (Å²) in [6.45, 7) is 0.436. The van der Waals surface area contributed by atoms with Crippen molar-refractivity contribution in [3.63, 3.8) is 0 Å². The summed E-state index contributed by atoms with van der Waals surface area (Å²) in [5.74, 6) is 0.0887. The summed E-state index contributed by atoms with van der Waals surface area (Å²) >= 11 is 1.24. The molecule has 2 amide bonds. The minimum absolute atomic E-state index is 0.0396. The summed E-state index contributed by atoms with van der Waals surface area (Å²) in [5, 5.41) is 3.79. The molecule has 0 aliphatic carbocycles. The predicted octanol–water partition coefficient (Wildman–Crippen LogP) is 2.39. The fourth-order valence-corrected chi connectivity index (χ4v) is 5.44. The molecule has 166 valence electrons. The summed E-state index contributed by atoms with van der Waals surface area (Å²) in [5.41, 5.74) is 2.58. The maximum Gasteiger partial charge on any atom is 0.264 e. The standard InChI is InChI=1S/C22H22N4O4S2/c1-23-19(27)13-31-20-9-7-14-4-3-5-18(22(14)24-20)32(29,30)25-17-8-6-15-11-21(28)26(2)12-16(15)10-17/h3-10,25H,11-13H2,1-2H3,(H,23,27). The zero-order valence-corrected chi connectivity index (χ0v) is 19.2. The van der Waals surface area contributed by atoms with Crippen molar-refractivity contribution in [2.24, 2.45) is 0 Å². The van der Waals surface area contributed by atoms with Gasteiger partial charge in [-0.1, -0.05) is 36.0 Å². The Hall–Kier alpha value is -3.11. The van der Waals surface area contributed by atoms with Crippen molar-refractivity contribution in [3.8, 4) is 0 Å². The average molecular weight is 471 g/mol. The molecule has 32 heavy (non-hydrogen) atoms. The third-order valence-corrected chi connectivity index (χ3v) is 7.55. The second kappa shape index (κ2) is 8.79. The molecular formula is C22H22N4O4S2. The number of fused-ring (bicyclic) bond motifs is 2. The number of nitrogens with zero attached hydrogens (tertiary/aromatic N) is 2. The second-order valence-corrected chi connectivity index (χ2v) is 10.1. The van der Waals surface area contributed by atoms with Crippen LogP contribution in [0.4, 0.5) is 5.69 Å². The highest BCUT2D eigenvalue weighted by atomic mass is 32.2. The second-order valence-electron chi connectivity index (χ2n) is 7.45. The molecule has 1 aliphatic rings. The van der Waals surface area contributed by atoms with Gasteiger partial charge in [0, 0.05) is 31.7 Å². The quantitative estimate of drug-likeness (QED) is 0.536. The molecule has 2 aromatic carbocycles. The molecule has 8 nitrogen and oxygen atoms in total. The topological polar surface area (TPSA) is 108 Å². The monoisotopic (exact) mass is 470 g/mol. The van der Waals surface area contributed by atoms with Gasteiger partial charge in [0.15, 0.2) is 0 Å². The molecule has 3 aromatic rings. The van der Waals surface area contributed by atoms with Crippen LogP contribution in [-0.2, 0) is 32.6 Å². The Morgan fingerprint density at radius 1 is 1.16 bits per heavy atom. The predicted molar refractivity (Wildman–Crippen MR) is 124 cm³/mol. The molecule has 0 unspecified atom stereocenters. The summed E-state index contributed by atoms with van der Waals surface area (Å²) in [4.78, 5) is 29.6. The summed E-state index contributed by atoms with van der Waals surface area (Å²) in [7, 11) is -0.640. The number of anilines is 1. The van der Waals surface area contributed by atoms with Gasteiger partial charge in [-0.15, -0.1) is 0 Å². The molecule has 1 aliphatic heterocycles. The van der Waals surface area contributed by atoms with Crippen LogP contribution in [0.1, 0.15) is 11.1 Å². The number of pyridine rings is 1.